The van der Waals surface area contributed by atoms with Crippen molar-refractivity contribution in [2.24, 2.45) is 0 Å². The van der Waals surface area contributed by atoms with E-state index in [2.05, 4.69) is 15.4 Å². The van der Waals surface area contributed by atoms with Crippen molar-refractivity contribution in [3.8, 4) is 0 Å². The lowest BCUT2D eigenvalue weighted by Crippen LogP contribution is -2.38. The first kappa shape index (κ1) is 21.8. The topological polar surface area (TPSA) is 93.9 Å². The van der Waals surface area contributed by atoms with Crippen LogP contribution in [0.3, 0.4) is 0 Å². The number of carbonyl (C=O) groups excluding carboxylic acids is 2. The van der Waals surface area contributed by atoms with Crippen LogP contribution in [0.2, 0.25) is 0 Å². The van der Waals surface area contributed by atoms with Gasteiger partial charge in [-0.1, -0.05) is 5.16 Å². The largest absolute Gasteiger partial charge is 0.459 e. The molecule has 30 heavy (non-hydrogen) atoms. The van der Waals surface area contributed by atoms with E-state index in [0.717, 1.165) is 37.4 Å². The second-order valence-corrected chi connectivity index (χ2v) is 6.58. The van der Waals surface area contributed by atoms with Crippen LogP contribution in [0.1, 0.15) is 32.2 Å². The molecular weight excluding hydrogens is 407 g/mol. The summed E-state index contributed by atoms with van der Waals surface area (Å²) in [5, 5.41) is 6.03. The lowest BCUT2D eigenvalue weighted by atomic mass is 10.1. The molecule has 1 aromatic carbocycles. The van der Waals surface area contributed by atoms with E-state index in [9.17, 15) is 22.8 Å². The van der Waals surface area contributed by atoms with Gasteiger partial charge in [0, 0.05) is 25.3 Å². The number of benzene rings is 1. The molecule has 162 valence electrons. The van der Waals surface area contributed by atoms with Crippen molar-refractivity contribution in [3.05, 3.63) is 46.8 Å². The Balaban J connectivity index is 1.62. The van der Waals surface area contributed by atoms with Gasteiger partial charge in [0.05, 0.1) is 18.8 Å². The summed E-state index contributed by atoms with van der Waals surface area (Å²) in [5.41, 5.74) is -1.14. The van der Waals surface area contributed by atoms with Crippen molar-refractivity contribution < 1.29 is 36.8 Å². The molecule has 2 aromatic rings. The van der Waals surface area contributed by atoms with Gasteiger partial charge >= 0.3 is 12.1 Å². The number of anilines is 1. The van der Waals surface area contributed by atoms with Gasteiger partial charge in [-0.25, -0.2) is 4.79 Å². The molecular formula is C19H20F3N3O5. The van der Waals surface area contributed by atoms with Crippen LogP contribution in [0.4, 0.5) is 18.9 Å². The fourth-order valence-corrected chi connectivity index (χ4v) is 2.88. The number of nitrogens with one attached hydrogen (secondary N) is 1. The number of aryl methyl sites for hydroxylation is 1. The number of carbonyl (C=O) groups is 2. The van der Waals surface area contributed by atoms with E-state index < -0.39 is 23.6 Å². The minimum absolute atomic E-state index is 0.0829. The molecule has 1 amide bonds. The number of hydrogen-bond acceptors (Lipinski definition) is 7. The molecule has 0 saturated carbocycles. The van der Waals surface area contributed by atoms with E-state index in [-0.39, 0.29) is 29.3 Å². The third-order valence-electron chi connectivity index (χ3n) is 4.50. The monoisotopic (exact) mass is 427 g/mol. The standard InChI is InChI=1S/C19H20F3N3O5/c1-12-15(17(26)23-14-4-2-13(3-5-14)19(20,21)22)16(24-30-12)18(27)29-11-8-25-6-9-28-10-7-25/h2-5H,6-11H2,1H3,(H,23,26). The highest BCUT2D eigenvalue weighted by Gasteiger charge is 2.30. The van der Waals surface area contributed by atoms with Gasteiger partial charge in [-0.15, -0.1) is 0 Å². The maximum absolute atomic E-state index is 12.7. The van der Waals surface area contributed by atoms with Crippen LogP contribution in [0, 0.1) is 6.92 Å². The van der Waals surface area contributed by atoms with Gasteiger partial charge in [0.15, 0.2) is 0 Å². The average Bonchev–Trinajstić information content (AvgIpc) is 3.10. The van der Waals surface area contributed by atoms with Crippen molar-refractivity contribution in [1.29, 1.82) is 0 Å². The molecule has 0 bridgehead atoms. The SMILES string of the molecule is Cc1onc(C(=O)OCCN2CCOCC2)c1C(=O)Nc1ccc(C(F)(F)F)cc1. The molecule has 1 saturated heterocycles. The normalized spacial score (nSPS) is 15.1. The average molecular weight is 427 g/mol. The summed E-state index contributed by atoms with van der Waals surface area (Å²) in [4.78, 5) is 27.0. The van der Waals surface area contributed by atoms with Gasteiger partial charge in [-0.05, 0) is 31.2 Å². The zero-order chi connectivity index (χ0) is 21.7. The molecule has 11 heteroatoms. The number of rotatable bonds is 6. The number of amides is 1. The summed E-state index contributed by atoms with van der Waals surface area (Å²) in [7, 11) is 0. The zero-order valence-electron chi connectivity index (χ0n) is 16.1. The molecule has 8 nitrogen and oxygen atoms in total. The molecule has 1 fully saturated rings. The van der Waals surface area contributed by atoms with Gasteiger partial charge < -0.3 is 19.3 Å². The summed E-state index contributed by atoms with van der Waals surface area (Å²) in [5.74, 6) is -1.48. The summed E-state index contributed by atoms with van der Waals surface area (Å²) >= 11 is 0. The number of alkyl halides is 3. The number of ether oxygens (including phenoxy) is 2. The lowest BCUT2D eigenvalue weighted by Gasteiger charge is -2.26. The van der Waals surface area contributed by atoms with Gasteiger partial charge in [-0.3, -0.25) is 9.69 Å². The number of esters is 1. The lowest BCUT2D eigenvalue weighted by molar-refractivity contribution is -0.137. The van der Waals surface area contributed by atoms with Gasteiger partial charge in [-0.2, -0.15) is 13.2 Å². The first-order valence-corrected chi connectivity index (χ1v) is 9.18. The summed E-state index contributed by atoms with van der Waals surface area (Å²) in [6, 6.07) is 3.92. The van der Waals surface area contributed by atoms with E-state index in [1.807, 2.05) is 0 Å². The predicted octanol–water partition coefficient (Wildman–Crippen LogP) is 2.74. The Labute approximate surface area is 169 Å². The highest BCUT2D eigenvalue weighted by molar-refractivity contribution is 6.10. The van der Waals surface area contributed by atoms with Crippen molar-refractivity contribution in [2.75, 3.05) is 44.8 Å². The van der Waals surface area contributed by atoms with E-state index in [1.165, 1.54) is 6.92 Å². The molecule has 1 aliphatic rings. The van der Waals surface area contributed by atoms with Crippen molar-refractivity contribution in [2.45, 2.75) is 13.1 Å². The maximum Gasteiger partial charge on any atom is 0.416 e. The number of morpholine rings is 1. The van der Waals surface area contributed by atoms with Gasteiger partial charge in [0.1, 0.15) is 17.9 Å². The number of aromatic nitrogens is 1. The van der Waals surface area contributed by atoms with E-state index >= 15 is 0 Å². The Morgan fingerprint density at radius 3 is 2.50 bits per heavy atom. The summed E-state index contributed by atoms with van der Waals surface area (Å²) in [6.07, 6.45) is -4.48. The quantitative estimate of drug-likeness (QED) is 0.709. The molecule has 3 rings (SSSR count). The fourth-order valence-electron chi connectivity index (χ4n) is 2.88. The van der Waals surface area contributed by atoms with Crippen LogP contribution in [0.25, 0.3) is 0 Å². The Morgan fingerprint density at radius 2 is 1.87 bits per heavy atom. The molecule has 0 radical (unpaired) electrons. The Morgan fingerprint density at radius 1 is 1.20 bits per heavy atom. The molecule has 0 aliphatic carbocycles. The van der Waals surface area contributed by atoms with Crippen LogP contribution in [-0.2, 0) is 15.7 Å². The highest BCUT2D eigenvalue weighted by Crippen LogP contribution is 2.30. The van der Waals surface area contributed by atoms with Crippen LogP contribution in [0.5, 0.6) is 0 Å². The third-order valence-corrected chi connectivity index (χ3v) is 4.50. The molecule has 2 heterocycles. The van der Waals surface area contributed by atoms with Crippen molar-refractivity contribution in [1.82, 2.24) is 10.1 Å². The second kappa shape index (κ2) is 9.26. The van der Waals surface area contributed by atoms with E-state index in [0.29, 0.717) is 19.8 Å². The van der Waals surface area contributed by atoms with E-state index in [4.69, 9.17) is 14.0 Å². The molecule has 0 spiro atoms. The van der Waals surface area contributed by atoms with Crippen molar-refractivity contribution in [3.63, 3.8) is 0 Å². The summed E-state index contributed by atoms with van der Waals surface area (Å²) in [6.45, 7) is 4.76. The highest BCUT2D eigenvalue weighted by atomic mass is 19.4. The maximum atomic E-state index is 12.7. The van der Waals surface area contributed by atoms with Crippen LogP contribution >= 0.6 is 0 Å². The molecule has 1 N–H and O–H groups in total. The molecule has 1 aromatic heterocycles. The Bertz CT molecular complexity index is 890. The predicted molar refractivity (Wildman–Crippen MR) is 98.2 cm³/mol. The smallest absolute Gasteiger partial charge is 0.416 e. The third kappa shape index (κ3) is 5.36. The molecule has 0 unspecified atom stereocenters. The van der Waals surface area contributed by atoms with Crippen LogP contribution in [-0.4, -0.2) is 61.4 Å². The second-order valence-electron chi connectivity index (χ2n) is 6.58. The van der Waals surface area contributed by atoms with Crippen molar-refractivity contribution >= 4 is 17.6 Å². The first-order valence-electron chi connectivity index (χ1n) is 9.18. The fraction of sp³-hybridized carbons (Fsp3) is 0.421. The summed E-state index contributed by atoms with van der Waals surface area (Å²) < 4.78 is 53.3. The Hall–Kier alpha value is -2.92. The number of hydrogen-bond donors (Lipinski definition) is 1. The minimum Gasteiger partial charge on any atom is -0.459 e. The number of nitrogens with zero attached hydrogens (tertiary/aromatic N) is 2. The Kier molecular flexibility index (Phi) is 6.73. The van der Waals surface area contributed by atoms with Crippen LogP contribution in [0.15, 0.2) is 28.8 Å². The zero-order valence-corrected chi connectivity index (χ0v) is 16.1. The first-order chi connectivity index (χ1) is 14.3. The number of halogens is 3. The van der Waals surface area contributed by atoms with Gasteiger partial charge in [0.2, 0.25) is 5.69 Å². The van der Waals surface area contributed by atoms with E-state index in [1.54, 1.807) is 0 Å². The van der Waals surface area contributed by atoms with Gasteiger partial charge in [0.25, 0.3) is 5.91 Å². The minimum atomic E-state index is -4.48. The van der Waals surface area contributed by atoms with Crippen LogP contribution < -0.4 is 5.32 Å². The molecule has 0 atom stereocenters. The molecule has 1 aliphatic heterocycles.